The molecule has 0 aliphatic rings. The number of amides is 1. The second-order valence-electron chi connectivity index (χ2n) is 5.76. The molecule has 1 aromatic heterocycles. The summed E-state index contributed by atoms with van der Waals surface area (Å²) in [6, 6.07) is 12.8. The highest BCUT2D eigenvalue weighted by atomic mass is 19.3. The maximum atomic E-state index is 13.2. The number of nitrogens with one attached hydrogen (secondary N) is 1. The molecule has 0 saturated heterocycles. The van der Waals surface area contributed by atoms with Gasteiger partial charge in [0.25, 0.3) is 0 Å². The lowest BCUT2D eigenvalue weighted by molar-refractivity contribution is -0.116. The minimum atomic E-state index is -2.75. The predicted octanol–water partition coefficient (Wildman–Crippen LogP) is 4.55. The molecule has 1 amide bonds. The first-order valence-corrected chi connectivity index (χ1v) is 8.10. The van der Waals surface area contributed by atoms with Crippen LogP contribution in [0.25, 0.3) is 22.4 Å². The van der Waals surface area contributed by atoms with Gasteiger partial charge in [-0.25, -0.2) is 9.07 Å². The number of nitrogens with zero attached hydrogens (tertiary/aromatic N) is 2. The van der Waals surface area contributed by atoms with Crippen LogP contribution in [-0.4, -0.2) is 15.7 Å². The monoisotopic (exact) mass is 371 g/mol. The standard InChI is InChI=1S/C20H16F3N3O/c1-2-19(27)24-12-15-4-3-14(13-5-7-16(21)8-6-13)11-17(15)18-9-10-26(25-18)20(22)23/h2-11,20H,1,12H2,(H,24,27). The maximum Gasteiger partial charge on any atom is 0.333 e. The molecule has 0 fully saturated rings. The molecule has 4 nitrogen and oxygen atoms in total. The highest BCUT2D eigenvalue weighted by Gasteiger charge is 2.14. The molecular formula is C20H16F3N3O. The quantitative estimate of drug-likeness (QED) is 0.646. The lowest BCUT2D eigenvalue weighted by atomic mass is 9.97. The van der Waals surface area contributed by atoms with E-state index in [0.717, 1.165) is 17.2 Å². The van der Waals surface area contributed by atoms with E-state index in [9.17, 15) is 18.0 Å². The van der Waals surface area contributed by atoms with Gasteiger partial charge in [0.15, 0.2) is 0 Å². The molecule has 0 unspecified atom stereocenters. The van der Waals surface area contributed by atoms with E-state index in [1.165, 1.54) is 24.4 Å². The number of alkyl halides is 2. The molecule has 27 heavy (non-hydrogen) atoms. The first kappa shape index (κ1) is 18.4. The third-order valence-electron chi connectivity index (χ3n) is 4.01. The molecule has 0 atom stereocenters. The first-order valence-electron chi connectivity index (χ1n) is 8.10. The lowest BCUT2D eigenvalue weighted by Gasteiger charge is -2.11. The average molecular weight is 371 g/mol. The van der Waals surface area contributed by atoms with E-state index in [1.807, 2.05) is 6.07 Å². The lowest BCUT2D eigenvalue weighted by Crippen LogP contribution is -2.20. The van der Waals surface area contributed by atoms with Gasteiger partial charge in [-0.2, -0.15) is 13.9 Å². The third-order valence-corrected chi connectivity index (χ3v) is 4.01. The first-order chi connectivity index (χ1) is 13.0. The second-order valence-corrected chi connectivity index (χ2v) is 5.76. The zero-order valence-corrected chi connectivity index (χ0v) is 14.2. The van der Waals surface area contributed by atoms with Gasteiger partial charge in [-0.1, -0.05) is 30.8 Å². The normalized spacial score (nSPS) is 10.8. The van der Waals surface area contributed by atoms with Gasteiger partial charge in [-0.15, -0.1) is 0 Å². The molecule has 0 radical (unpaired) electrons. The van der Waals surface area contributed by atoms with E-state index in [1.54, 1.807) is 24.3 Å². The molecule has 3 rings (SSSR count). The molecule has 1 heterocycles. The molecule has 1 N–H and O–H groups in total. The fraction of sp³-hybridized carbons (Fsp3) is 0.100. The Balaban J connectivity index is 2.03. The van der Waals surface area contributed by atoms with Crippen molar-refractivity contribution in [3.05, 3.63) is 78.8 Å². The molecule has 138 valence electrons. The summed E-state index contributed by atoms with van der Waals surface area (Å²) in [5.74, 6) is -0.694. The molecule has 0 aliphatic heterocycles. The van der Waals surface area contributed by atoms with Crippen molar-refractivity contribution in [2.75, 3.05) is 0 Å². The topological polar surface area (TPSA) is 46.9 Å². The van der Waals surface area contributed by atoms with E-state index >= 15 is 0 Å². The van der Waals surface area contributed by atoms with Crippen LogP contribution in [0.1, 0.15) is 12.1 Å². The Bertz CT molecular complexity index is 965. The third kappa shape index (κ3) is 4.25. The van der Waals surface area contributed by atoms with E-state index in [4.69, 9.17) is 0 Å². The molecule has 0 saturated carbocycles. The maximum absolute atomic E-state index is 13.2. The summed E-state index contributed by atoms with van der Waals surface area (Å²) in [4.78, 5) is 11.5. The SMILES string of the molecule is C=CC(=O)NCc1ccc(-c2ccc(F)cc2)cc1-c1ccn(C(F)F)n1. The highest BCUT2D eigenvalue weighted by molar-refractivity contribution is 5.87. The van der Waals surface area contributed by atoms with E-state index in [-0.39, 0.29) is 18.3 Å². The molecular weight excluding hydrogens is 355 g/mol. The van der Waals surface area contributed by atoms with E-state index in [0.29, 0.717) is 21.5 Å². The van der Waals surface area contributed by atoms with E-state index < -0.39 is 6.55 Å². The molecule has 0 aliphatic carbocycles. The van der Waals surface area contributed by atoms with Crippen molar-refractivity contribution in [3.63, 3.8) is 0 Å². The fourth-order valence-electron chi connectivity index (χ4n) is 2.64. The Morgan fingerprint density at radius 3 is 2.48 bits per heavy atom. The highest BCUT2D eigenvalue weighted by Crippen LogP contribution is 2.29. The van der Waals surface area contributed by atoms with Crippen LogP contribution in [0.4, 0.5) is 13.2 Å². The van der Waals surface area contributed by atoms with E-state index in [2.05, 4.69) is 17.0 Å². The summed E-state index contributed by atoms with van der Waals surface area (Å²) >= 11 is 0. The minimum Gasteiger partial charge on any atom is -0.348 e. The van der Waals surface area contributed by atoms with Crippen LogP contribution in [0.15, 0.2) is 67.4 Å². The summed E-state index contributed by atoms with van der Waals surface area (Å²) in [7, 11) is 0. The largest absolute Gasteiger partial charge is 0.348 e. The van der Waals surface area contributed by atoms with Crippen molar-refractivity contribution in [1.29, 1.82) is 0 Å². The van der Waals surface area contributed by atoms with Crippen molar-refractivity contribution in [1.82, 2.24) is 15.1 Å². The zero-order valence-electron chi connectivity index (χ0n) is 14.2. The number of hydrogen-bond acceptors (Lipinski definition) is 2. The van der Waals surface area contributed by atoms with Gasteiger partial charge in [0.2, 0.25) is 5.91 Å². The minimum absolute atomic E-state index is 0.186. The van der Waals surface area contributed by atoms with Crippen LogP contribution in [-0.2, 0) is 11.3 Å². The number of halogens is 3. The Labute approximate surface area is 153 Å². The Morgan fingerprint density at radius 2 is 1.85 bits per heavy atom. The summed E-state index contributed by atoms with van der Waals surface area (Å²) in [5, 5.41) is 6.58. The van der Waals surface area contributed by atoms with Gasteiger partial charge >= 0.3 is 6.55 Å². The van der Waals surface area contributed by atoms with Gasteiger partial charge in [-0.05, 0) is 47.0 Å². The van der Waals surface area contributed by atoms with Gasteiger partial charge < -0.3 is 5.32 Å². The molecule has 7 heteroatoms. The number of aromatic nitrogens is 2. The van der Waals surface area contributed by atoms with Gasteiger partial charge in [0.1, 0.15) is 5.82 Å². The average Bonchev–Trinajstić information content (AvgIpc) is 3.17. The van der Waals surface area contributed by atoms with Crippen LogP contribution >= 0.6 is 0 Å². The van der Waals surface area contributed by atoms with Crippen LogP contribution in [0, 0.1) is 5.82 Å². The number of rotatable bonds is 6. The second kappa shape index (κ2) is 7.90. The smallest absolute Gasteiger partial charge is 0.333 e. The van der Waals surface area contributed by atoms with Crippen LogP contribution in [0.2, 0.25) is 0 Å². The molecule has 0 spiro atoms. The summed E-state index contributed by atoms with van der Waals surface area (Å²) < 4.78 is 39.5. The number of carbonyl (C=O) groups is 1. The number of benzene rings is 2. The van der Waals surface area contributed by atoms with Gasteiger partial charge in [0, 0.05) is 18.3 Å². The Kier molecular flexibility index (Phi) is 5.40. The van der Waals surface area contributed by atoms with Crippen molar-refractivity contribution < 1.29 is 18.0 Å². The van der Waals surface area contributed by atoms with Crippen molar-refractivity contribution in [3.8, 4) is 22.4 Å². The van der Waals surface area contributed by atoms with Gasteiger partial charge in [0.05, 0.1) is 5.69 Å². The number of hydrogen-bond donors (Lipinski definition) is 1. The predicted molar refractivity (Wildman–Crippen MR) is 96.4 cm³/mol. The molecule has 3 aromatic rings. The summed E-state index contributed by atoms with van der Waals surface area (Å²) in [5.41, 5.74) is 3.20. The van der Waals surface area contributed by atoms with Crippen molar-refractivity contribution in [2.45, 2.75) is 13.1 Å². The Morgan fingerprint density at radius 1 is 1.15 bits per heavy atom. The molecule has 2 aromatic carbocycles. The van der Waals surface area contributed by atoms with Crippen molar-refractivity contribution in [2.24, 2.45) is 0 Å². The Hall–Kier alpha value is -3.35. The van der Waals surface area contributed by atoms with Crippen LogP contribution in [0.5, 0.6) is 0 Å². The van der Waals surface area contributed by atoms with Crippen LogP contribution in [0.3, 0.4) is 0 Å². The zero-order chi connectivity index (χ0) is 19.4. The number of carbonyl (C=O) groups excluding carboxylic acids is 1. The summed E-state index contributed by atoms with van der Waals surface area (Å²) in [6.07, 6.45) is 2.34. The molecule has 0 bridgehead atoms. The van der Waals surface area contributed by atoms with Crippen LogP contribution < -0.4 is 5.32 Å². The van der Waals surface area contributed by atoms with Crippen molar-refractivity contribution >= 4 is 5.91 Å². The fourth-order valence-corrected chi connectivity index (χ4v) is 2.64. The van der Waals surface area contributed by atoms with Gasteiger partial charge in [-0.3, -0.25) is 4.79 Å². The summed E-state index contributed by atoms with van der Waals surface area (Å²) in [6.45, 7) is 0.834.